The van der Waals surface area contributed by atoms with Crippen LogP contribution in [0.25, 0.3) is 0 Å². The summed E-state index contributed by atoms with van der Waals surface area (Å²) in [5.41, 5.74) is 0.395. The van der Waals surface area contributed by atoms with Gasteiger partial charge in [0, 0.05) is 28.6 Å². The highest BCUT2D eigenvalue weighted by molar-refractivity contribution is 7.86. The van der Waals surface area contributed by atoms with Crippen molar-refractivity contribution in [3.05, 3.63) is 30.1 Å². The maximum absolute atomic E-state index is 13.2. The molecule has 0 spiro atoms. The summed E-state index contributed by atoms with van der Waals surface area (Å²) in [4.78, 5) is 40.1. The molecule has 2 aliphatic rings. The van der Waals surface area contributed by atoms with Gasteiger partial charge in [-0.2, -0.15) is 0 Å². The van der Waals surface area contributed by atoms with Gasteiger partial charge >= 0.3 is 0 Å². The van der Waals surface area contributed by atoms with E-state index >= 15 is 0 Å². The summed E-state index contributed by atoms with van der Waals surface area (Å²) in [5, 5.41) is 5.68. The SMILES string of the molecule is C[C@H](C(=O)NC1CCCCC1)N(C(=O)C[S@@](=O)CC(=O)Nc1ccc(F)cc1)C1CCCCC1. The molecule has 0 radical (unpaired) electrons. The first-order chi connectivity index (χ1) is 16.3. The lowest BCUT2D eigenvalue weighted by Crippen LogP contribution is -2.55. The molecule has 1 aromatic rings. The van der Waals surface area contributed by atoms with Crippen molar-refractivity contribution in [2.24, 2.45) is 0 Å². The van der Waals surface area contributed by atoms with E-state index in [1.807, 2.05) is 0 Å². The van der Waals surface area contributed by atoms with Crippen molar-refractivity contribution < 1.29 is 23.0 Å². The third kappa shape index (κ3) is 7.89. The highest BCUT2D eigenvalue weighted by atomic mass is 32.2. The molecule has 188 valence electrons. The van der Waals surface area contributed by atoms with Crippen LogP contribution in [0.4, 0.5) is 10.1 Å². The van der Waals surface area contributed by atoms with Crippen molar-refractivity contribution >= 4 is 34.2 Å². The molecule has 9 heteroatoms. The van der Waals surface area contributed by atoms with Gasteiger partial charge in [-0.25, -0.2) is 4.39 Å². The van der Waals surface area contributed by atoms with Gasteiger partial charge in [0.15, 0.2) is 0 Å². The van der Waals surface area contributed by atoms with Crippen LogP contribution in [0.1, 0.15) is 71.1 Å². The lowest BCUT2D eigenvalue weighted by molar-refractivity contribution is -0.141. The lowest BCUT2D eigenvalue weighted by Gasteiger charge is -2.38. The van der Waals surface area contributed by atoms with Crippen molar-refractivity contribution in [3.8, 4) is 0 Å². The topological polar surface area (TPSA) is 95.6 Å². The van der Waals surface area contributed by atoms with Gasteiger partial charge in [0.05, 0.1) is 0 Å². The van der Waals surface area contributed by atoms with E-state index in [1.165, 1.54) is 30.7 Å². The number of anilines is 1. The minimum atomic E-state index is -1.73. The molecule has 2 atom stereocenters. The summed E-state index contributed by atoms with van der Waals surface area (Å²) in [6.07, 6.45) is 10.1. The Hall–Kier alpha value is -2.29. The number of hydrogen-bond acceptors (Lipinski definition) is 4. The summed E-state index contributed by atoms with van der Waals surface area (Å²) in [5.74, 6) is -2.10. The molecule has 2 aliphatic carbocycles. The Bertz CT molecular complexity index is 867. The second kappa shape index (κ2) is 13.0. The van der Waals surface area contributed by atoms with Crippen LogP contribution >= 0.6 is 0 Å². The van der Waals surface area contributed by atoms with Gasteiger partial charge < -0.3 is 15.5 Å². The van der Waals surface area contributed by atoms with E-state index in [9.17, 15) is 23.0 Å². The predicted octanol–water partition coefficient (Wildman–Crippen LogP) is 3.51. The van der Waals surface area contributed by atoms with E-state index in [0.717, 1.165) is 57.8 Å². The average Bonchev–Trinajstić information content (AvgIpc) is 2.81. The Labute approximate surface area is 203 Å². The molecule has 2 fully saturated rings. The van der Waals surface area contributed by atoms with E-state index in [2.05, 4.69) is 10.6 Å². The molecule has 0 saturated heterocycles. The summed E-state index contributed by atoms with van der Waals surface area (Å²) in [6.45, 7) is 1.74. The molecule has 2 saturated carbocycles. The fourth-order valence-electron chi connectivity index (χ4n) is 4.93. The molecule has 0 aliphatic heterocycles. The van der Waals surface area contributed by atoms with Crippen LogP contribution in [0.15, 0.2) is 24.3 Å². The summed E-state index contributed by atoms with van der Waals surface area (Å²) >= 11 is 0. The molecule has 34 heavy (non-hydrogen) atoms. The Balaban J connectivity index is 1.59. The Morgan fingerprint density at radius 3 is 2.18 bits per heavy atom. The first-order valence-corrected chi connectivity index (χ1v) is 13.8. The van der Waals surface area contributed by atoms with E-state index in [-0.39, 0.29) is 35.4 Å². The van der Waals surface area contributed by atoms with Crippen LogP contribution in [0, 0.1) is 5.82 Å². The molecule has 0 aromatic heterocycles. The summed E-state index contributed by atoms with van der Waals surface area (Å²) in [6, 6.07) is 4.71. The van der Waals surface area contributed by atoms with Gasteiger partial charge in [0.1, 0.15) is 23.4 Å². The number of amides is 3. The molecule has 0 heterocycles. The maximum atomic E-state index is 13.2. The fourth-order valence-corrected chi connectivity index (χ4v) is 5.82. The number of nitrogens with zero attached hydrogens (tertiary/aromatic N) is 1. The Morgan fingerprint density at radius 2 is 1.56 bits per heavy atom. The molecule has 1 aromatic carbocycles. The van der Waals surface area contributed by atoms with E-state index in [0.29, 0.717) is 5.69 Å². The van der Waals surface area contributed by atoms with Gasteiger partial charge in [0.2, 0.25) is 17.7 Å². The molecule has 3 amide bonds. The zero-order valence-corrected chi connectivity index (χ0v) is 20.7. The minimum Gasteiger partial charge on any atom is -0.352 e. The molecular weight excluding hydrogens is 457 g/mol. The molecule has 0 unspecified atom stereocenters. The van der Waals surface area contributed by atoms with Gasteiger partial charge in [-0.3, -0.25) is 18.6 Å². The first-order valence-electron chi connectivity index (χ1n) is 12.4. The van der Waals surface area contributed by atoms with E-state index in [4.69, 9.17) is 0 Å². The molecule has 7 nitrogen and oxygen atoms in total. The Morgan fingerprint density at radius 1 is 0.971 bits per heavy atom. The van der Waals surface area contributed by atoms with Crippen LogP contribution in [0.5, 0.6) is 0 Å². The molecule has 0 bridgehead atoms. The van der Waals surface area contributed by atoms with Crippen molar-refractivity contribution in [2.45, 2.75) is 89.3 Å². The monoisotopic (exact) mass is 493 g/mol. The summed E-state index contributed by atoms with van der Waals surface area (Å²) < 4.78 is 25.7. The first kappa shape index (κ1) is 26.3. The van der Waals surface area contributed by atoms with Crippen LogP contribution in [-0.2, 0) is 25.2 Å². The number of halogens is 1. The number of nitrogens with one attached hydrogen (secondary N) is 2. The van der Waals surface area contributed by atoms with Gasteiger partial charge in [-0.15, -0.1) is 0 Å². The molecular formula is C25H36FN3O4S. The van der Waals surface area contributed by atoms with Crippen LogP contribution < -0.4 is 10.6 Å². The number of hydrogen-bond donors (Lipinski definition) is 2. The van der Waals surface area contributed by atoms with E-state index < -0.39 is 28.6 Å². The standard InChI is InChI=1S/C25H36FN3O4S/c1-18(25(32)28-20-8-4-2-5-9-20)29(22-10-6-3-7-11-22)24(31)17-34(33)16-23(30)27-21-14-12-19(26)13-15-21/h12-15,18,20,22H,2-11,16-17H2,1H3,(H,27,30)(H,28,32)/t18-,34+/m1/s1. The largest absolute Gasteiger partial charge is 0.352 e. The number of carbonyl (C=O) groups excluding carboxylic acids is 3. The van der Waals surface area contributed by atoms with Crippen molar-refractivity contribution in [3.63, 3.8) is 0 Å². The second-order valence-corrected chi connectivity index (χ2v) is 10.9. The lowest BCUT2D eigenvalue weighted by atomic mass is 9.92. The maximum Gasteiger partial charge on any atom is 0.242 e. The number of benzene rings is 1. The highest BCUT2D eigenvalue weighted by Gasteiger charge is 2.34. The fraction of sp³-hybridized carbons (Fsp3) is 0.640. The smallest absolute Gasteiger partial charge is 0.242 e. The third-order valence-corrected chi connectivity index (χ3v) is 7.86. The number of rotatable bonds is 9. The molecule has 2 N–H and O–H groups in total. The van der Waals surface area contributed by atoms with Crippen molar-refractivity contribution in [1.82, 2.24) is 10.2 Å². The quantitative estimate of drug-likeness (QED) is 0.550. The van der Waals surface area contributed by atoms with E-state index in [1.54, 1.807) is 11.8 Å². The zero-order valence-electron chi connectivity index (χ0n) is 19.9. The van der Waals surface area contributed by atoms with Gasteiger partial charge in [0.25, 0.3) is 0 Å². The van der Waals surface area contributed by atoms with Crippen molar-refractivity contribution in [1.29, 1.82) is 0 Å². The van der Waals surface area contributed by atoms with Crippen LogP contribution in [-0.4, -0.2) is 56.5 Å². The average molecular weight is 494 g/mol. The normalized spacial score (nSPS) is 19.1. The summed E-state index contributed by atoms with van der Waals surface area (Å²) in [7, 11) is -1.73. The molecule has 3 rings (SSSR count). The number of carbonyl (C=O) groups is 3. The van der Waals surface area contributed by atoms with Gasteiger partial charge in [-0.1, -0.05) is 38.5 Å². The highest BCUT2D eigenvalue weighted by Crippen LogP contribution is 2.25. The van der Waals surface area contributed by atoms with Crippen LogP contribution in [0.2, 0.25) is 0 Å². The third-order valence-electron chi connectivity index (χ3n) is 6.71. The predicted molar refractivity (Wildman–Crippen MR) is 131 cm³/mol. The Kier molecular flexibility index (Phi) is 10.0. The van der Waals surface area contributed by atoms with Crippen molar-refractivity contribution in [2.75, 3.05) is 16.8 Å². The zero-order chi connectivity index (χ0) is 24.5. The van der Waals surface area contributed by atoms with Crippen LogP contribution in [0.3, 0.4) is 0 Å². The second-order valence-electron chi connectivity index (χ2n) is 9.40. The minimum absolute atomic E-state index is 0.0570. The van der Waals surface area contributed by atoms with Gasteiger partial charge in [-0.05, 0) is 56.9 Å².